The molecule has 140 valence electrons. The molecule has 1 aliphatic carbocycles. The van der Waals surface area contributed by atoms with Crippen LogP contribution in [0.1, 0.15) is 35.0 Å². The number of fused-ring (bicyclic) bond motifs is 2. The van der Waals surface area contributed by atoms with Gasteiger partial charge in [-0.2, -0.15) is 5.10 Å². The van der Waals surface area contributed by atoms with Crippen molar-refractivity contribution in [1.82, 2.24) is 20.5 Å². The average molecular weight is 384 g/mol. The van der Waals surface area contributed by atoms with E-state index in [4.69, 9.17) is 4.74 Å². The van der Waals surface area contributed by atoms with E-state index in [-0.39, 0.29) is 24.4 Å². The molecule has 0 radical (unpaired) electrons. The van der Waals surface area contributed by atoms with E-state index < -0.39 is 0 Å². The van der Waals surface area contributed by atoms with Crippen molar-refractivity contribution in [3.8, 4) is 0 Å². The van der Waals surface area contributed by atoms with Gasteiger partial charge in [-0.25, -0.2) is 4.98 Å². The number of esters is 1. The van der Waals surface area contributed by atoms with Gasteiger partial charge in [0.1, 0.15) is 0 Å². The van der Waals surface area contributed by atoms with Crippen molar-refractivity contribution in [3.63, 3.8) is 0 Å². The van der Waals surface area contributed by atoms with E-state index in [9.17, 15) is 9.59 Å². The van der Waals surface area contributed by atoms with E-state index in [1.165, 1.54) is 0 Å². The van der Waals surface area contributed by atoms with Crippen molar-refractivity contribution >= 4 is 33.4 Å². The molecule has 0 saturated carbocycles. The largest absolute Gasteiger partial charge is 0.455 e. The van der Waals surface area contributed by atoms with Crippen LogP contribution in [-0.2, 0) is 27.2 Å². The van der Waals surface area contributed by atoms with Crippen molar-refractivity contribution in [2.24, 2.45) is 0 Å². The second kappa shape index (κ2) is 7.87. The number of amides is 1. The molecule has 8 heteroatoms. The highest BCUT2D eigenvalue weighted by Crippen LogP contribution is 2.30. The monoisotopic (exact) mass is 384 g/mol. The number of benzene rings is 1. The van der Waals surface area contributed by atoms with Crippen LogP contribution in [0.4, 0.5) is 0 Å². The molecule has 0 fully saturated rings. The Morgan fingerprint density at radius 3 is 3.11 bits per heavy atom. The minimum Gasteiger partial charge on any atom is -0.455 e. The number of aromatic nitrogens is 3. The molecule has 1 atom stereocenters. The normalized spacial score (nSPS) is 16.1. The van der Waals surface area contributed by atoms with Crippen molar-refractivity contribution in [2.45, 2.75) is 31.6 Å². The Bertz CT molecular complexity index is 932. The van der Waals surface area contributed by atoms with Crippen LogP contribution in [0, 0.1) is 0 Å². The predicted molar refractivity (Wildman–Crippen MR) is 102 cm³/mol. The number of carbonyl (C=O) groups is 2. The molecule has 0 unspecified atom stereocenters. The van der Waals surface area contributed by atoms with Crippen molar-refractivity contribution in [1.29, 1.82) is 0 Å². The standard InChI is InChI=1S/C19H20N4O3S/c24-16(20-9-8-17-22-14-6-1-2-7-15(14)27-17)11-26-19(25)13-5-3-4-12-10-21-23-18(12)13/h1-2,6-7,10,13H,3-5,8-9,11H2,(H,20,24)(H,21,23)/t13-/m0/s1. The molecular formula is C19H20N4O3S. The van der Waals surface area contributed by atoms with E-state index in [2.05, 4.69) is 20.5 Å². The van der Waals surface area contributed by atoms with Crippen LogP contribution in [0.5, 0.6) is 0 Å². The van der Waals surface area contributed by atoms with Gasteiger partial charge in [0, 0.05) is 13.0 Å². The van der Waals surface area contributed by atoms with Gasteiger partial charge in [-0.1, -0.05) is 12.1 Å². The number of hydrogen-bond acceptors (Lipinski definition) is 6. The maximum Gasteiger partial charge on any atom is 0.315 e. The zero-order valence-electron chi connectivity index (χ0n) is 14.7. The fourth-order valence-electron chi connectivity index (χ4n) is 3.32. The van der Waals surface area contributed by atoms with Crippen LogP contribution in [0.15, 0.2) is 30.5 Å². The van der Waals surface area contributed by atoms with Crippen molar-refractivity contribution < 1.29 is 14.3 Å². The fourth-order valence-corrected chi connectivity index (χ4v) is 4.29. The first-order valence-electron chi connectivity index (χ1n) is 9.00. The Hall–Kier alpha value is -2.74. The summed E-state index contributed by atoms with van der Waals surface area (Å²) in [5, 5.41) is 10.6. The highest BCUT2D eigenvalue weighted by molar-refractivity contribution is 7.18. The molecule has 2 heterocycles. The number of aromatic amines is 1. The van der Waals surface area contributed by atoms with Gasteiger partial charge in [-0.15, -0.1) is 11.3 Å². The topological polar surface area (TPSA) is 97.0 Å². The zero-order valence-corrected chi connectivity index (χ0v) is 15.6. The number of thiazole rings is 1. The molecule has 1 aromatic carbocycles. The zero-order chi connectivity index (χ0) is 18.6. The van der Waals surface area contributed by atoms with E-state index in [1.54, 1.807) is 17.5 Å². The molecular weight excluding hydrogens is 364 g/mol. The molecule has 7 nitrogen and oxygen atoms in total. The second-order valence-corrected chi connectivity index (χ2v) is 7.65. The van der Waals surface area contributed by atoms with Crippen molar-refractivity contribution in [3.05, 3.63) is 46.7 Å². The minimum atomic E-state index is -0.374. The SMILES string of the molecule is O=C(COC(=O)[C@H]1CCCc2cn[nH]c21)NCCc1nc2ccccc2s1. The molecule has 1 aliphatic rings. The fraction of sp³-hybridized carbons (Fsp3) is 0.368. The average Bonchev–Trinajstić information content (AvgIpc) is 3.32. The van der Waals surface area contributed by atoms with Crippen molar-refractivity contribution in [2.75, 3.05) is 13.2 Å². The van der Waals surface area contributed by atoms with Gasteiger partial charge in [-0.05, 0) is 37.0 Å². The van der Waals surface area contributed by atoms with Crippen LogP contribution in [0.25, 0.3) is 10.2 Å². The lowest BCUT2D eigenvalue weighted by Gasteiger charge is -2.20. The van der Waals surface area contributed by atoms with E-state index >= 15 is 0 Å². The predicted octanol–water partition coefficient (Wildman–Crippen LogP) is 2.34. The number of ether oxygens (including phenoxy) is 1. The Morgan fingerprint density at radius 2 is 2.22 bits per heavy atom. The number of hydrogen-bond donors (Lipinski definition) is 2. The lowest BCUT2D eigenvalue weighted by Crippen LogP contribution is -2.32. The smallest absolute Gasteiger partial charge is 0.315 e. The number of nitrogens with one attached hydrogen (secondary N) is 2. The molecule has 2 aromatic heterocycles. The molecule has 0 aliphatic heterocycles. The van der Waals surface area contributed by atoms with Crippen LogP contribution < -0.4 is 5.32 Å². The lowest BCUT2D eigenvalue weighted by atomic mass is 9.88. The summed E-state index contributed by atoms with van der Waals surface area (Å²) in [7, 11) is 0. The van der Waals surface area contributed by atoms with Crippen LogP contribution in [0.3, 0.4) is 0 Å². The van der Waals surface area contributed by atoms with Gasteiger partial charge < -0.3 is 10.1 Å². The van der Waals surface area contributed by atoms with E-state index in [0.29, 0.717) is 19.4 Å². The third kappa shape index (κ3) is 4.00. The number of H-pyrrole nitrogens is 1. The maximum absolute atomic E-state index is 12.3. The van der Waals surface area contributed by atoms with Gasteiger partial charge in [0.15, 0.2) is 6.61 Å². The first-order valence-corrected chi connectivity index (χ1v) is 9.82. The Labute approximate surface area is 160 Å². The number of para-hydroxylation sites is 1. The molecule has 2 N–H and O–H groups in total. The van der Waals surface area contributed by atoms with Crippen LogP contribution >= 0.6 is 11.3 Å². The molecule has 0 spiro atoms. The first kappa shape index (κ1) is 17.7. The van der Waals surface area contributed by atoms with Gasteiger partial charge in [0.05, 0.1) is 33.0 Å². The maximum atomic E-state index is 12.3. The Balaban J connectivity index is 1.22. The molecule has 27 heavy (non-hydrogen) atoms. The summed E-state index contributed by atoms with van der Waals surface area (Å²) in [5.41, 5.74) is 2.86. The number of rotatable bonds is 6. The summed E-state index contributed by atoms with van der Waals surface area (Å²) in [4.78, 5) is 28.8. The number of nitrogens with zero attached hydrogens (tertiary/aromatic N) is 2. The van der Waals surface area contributed by atoms with E-state index in [1.807, 2.05) is 24.3 Å². The van der Waals surface area contributed by atoms with Gasteiger partial charge in [-0.3, -0.25) is 14.7 Å². The summed E-state index contributed by atoms with van der Waals surface area (Å²) in [5.74, 6) is -1.03. The molecule has 0 saturated heterocycles. The number of carbonyl (C=O) groups excluding carboxylic acids is 2. The summed E-state index contributed by atoms with van der Waals surface area (Å²) in [6, 6.07) is 7.95. The molecule has 3 aromatic rings. The molecule has 0 bridgehead atoms. The quantitative estimate of drug-likeness (QED) is 0.636. The first-order chi connectivity index (χ1) is 13.2. The second-order valence-electron chi connectivity index (χ2n) is 6.54. The highest BCUT2D eigenvalue weighted by Gasteiger charge is 2.29. The lowest BCUT2D eigenvalue weighted by molar-refractivity contribution is -0.150. The summed E-state index contributed by atoms with van der Waals surface area (Å²) >= 11 is 1.62. The number of aryl methyl sites for hydroxylation is 1. The van der Waals surface area contributed by atoms with Crippen LogP contribution in [0.2, 0.25) is 0 Å². The summed E-state index contributed by atoms with van der Waals surface area (Å²) in [6.07, 6.45) is 4.96. The third-order valence-corrected chi connectivity index (χ3v) is 5.76. The summed E-state index contributed by atoms with van der Waals surface area (Å²) in [6.45, 7) is 0.197. The molecule has 4 rings (SSSR count). The Morgan fingerprint density at radius 1 is 1.33 bits per heavy atom. The Kier molecular flexibility index (Phi) is 5.15. The third-order valence-electron chi connectivity index (χ3n) is 4.67. The van der Waals surface area contributed by atoms with Gasteiger partial charge in [0.2, 0.25) is 0 Å². The van der Waals surface area contributed by atoms with Gasteiger partial charge in [0.25, 0.3) is 5.91 Å². The molecule has 1 amide bonds. The highest BCUT2D eigenvalue weighted by atomic mass is 32.1. The van der Waals surface area contributed by atoms with Crippen LogP contribution in [-0.4, -0.2) is 40.2 Å². The van der Waals surface area contributed by atoms with Gasteiger partial charge >= 0.3 is 5.97 Å². The van der Waals surface area contributed by atoms with E-state index in [0.717, 1.165) is 39.3 Å². The minimum absolute atomic E-state index is 0.265. The summed E-state index contributed by atoms with van der Waals surface area (Å²) < 4.78 is 6.35.